The first-order valence-corrected chi connectivity index (χ1v) is 9.46. The van der Waals surface area contributed by atoms with Crippen molar-refractivity contribution in [3.8, 4) is 0 Å². The summed E-state index contributed by atoms with van der Waals surface area (Å²) in [5, 5.41) is 2.55. The molecular formula is C24H23FN2O2. The summed E-state index contributed by atoms with van der Waals surface area (Å²) >= 11 is 0. The number of carbonyl (C=O) groups is 2. The number of carbonyl (C=O) groups excluding carboxylic acids is 2. The van der Waals surface area contributed by atoms with Gasteiger partial charge in [-0.15, -0.1) is 0 Å². The Morgan fingerprint density at radius 3 is 2.24 bits per heavy atom. The minimum atomic E-state index is -0.512. The van der Waals surface area contributed by atoms with Gasteiger partial charge in [0, 0.05) is 23.7 Å². The van der Waals surface area contributed by atoms with E-state index < -0.39 is 11.7 Å². The lowest BCUT2D eigenvalue weighted by molar-refractivity contribution is 0.0690. The highest BCUT2D eigenvalue weighted by molar-refractivity contribution is 6.06. The molecule has 2 amide bonds. The van der Waals surface area contributed by atoms with Gasteiger partial charge in [-0.25, -0.2) is 4.39 Å². The molecule has 0 spiro atoms. The van der Waals surface area contributed by atoms with Crippen LogP contribution in [0.5, 0.6) is 0 Å². The summed E-state index contributed by atoms with van der Waals surface area (Å²) in [5.74, 6) is -1.14. The van der Waals surface area contributed by atoms with Crippen LogP contribution in [0.1, 0.15) is 40.1 Å². The maximum Gasteiger partial charge on any atom is 0.255 e. The second-order valence-corrected chi connectivity index (χ2v) is 7.03. The van der Waals surface area contributed by atoms with E-state index in [1.807, 2.05) is 44.2 Å². The van der Waals surface area contributed by atoms with Crippen LogP contribution in [-0.4, -0.2) is 22.8 Å². The van der Waals surface area contributed by atoms with Gasteiger partial charge in [0.05, 0.1) is 5.69 Å². The van der Waals surface area contributed by atoms with Crippen molar-refractivity contribution in [1.82, 2.24) is 4.90 Å². The first-order chi connectivity index (χ1) is 14.0. The number of nitrogens with zero attached hydrogens (tertiary/aromatic N) is 1. The Balaban J connectivity index is 1.80. The van der Waals surface area contributed by atoms with Crippen LogP contribution in [0.3, 0.4) is 0 Å². The van der Waals surface area contributed by atoms with Crippen molar-refractivity contribution in [2.75, 3.05) is 5.32 Å². The monoisotopic (exact) mass is 390 g/mol. The van der Waals surface area contributed by atoms with E-state index in [0.717, 1.165) is 5.56 Å². The van der Waals surface area contributed by atoms with Crippen LogP contribution in [0.15, 0.2) is 78.9 Å². The summed E-state index contributed by atoms with van der Waals surface area (Å²) in [7, 11) is 0. The molecule has 0 fully saturated rings. The molecule has 0 unspecified atom stereocenters. The van der Waals surface area contributed by atoms with Crippen molar-refractivity contribution in [3.63, 3.8) is 0 Å². The molecule has 0 saturated carbocycles. The third kappa shape index (κ3) is 5.08. The first kappa shape index (κ1) is 20.3. The average Bonchev–Trinajstić information content (AvgIpc) is 2.74. The Hall–Kier alpha value is -3.47. The van der Waals surface area contributed by atoms with E-state index in [-0.39, 0.29) is 17.6 Å². The van der Waals surface area contributed by atoms with Crippen molar-refractivity contribution >= 4 is 17.5 Å². The summed E-state index contributed by atoms with van der Waals surface area (Å²) in [6, 6.07) is 22.2. The maximum absolute atomic E-state index is 13.8. The quantitative estimate of drug-likeness (QED) is 0.634. The molecule has 0 bridgehead atoms. The van der Waals surface area contributed by atoms with Crippen LogP contribution in [0.4, 0.5) is 10.1 Å². The number of amides is 2. The van der Waals surface area contributed by atoms with Crippen LogP contribution in [0.25, 0.3) is 0 Å². The van der Waals surface area contributed by atoms with Crippen molar-refractivity contribution < 1.29 is 14.0 Å². The molecule has 0 aliphatic carbocycles. The van der Waals surface area contributed by atoms with Crippen LogP contribution >= 0.6 is 0 Å². The Morgan fingerprint density at radius 2 is 1.55 bits per heavy atom. The number of nitrogens with one attached hydrogen (secondary N) is 1. The first-order valence-electron chi connectivity index (χ1n) is 9.46. The summed E-state index contributed by atoms with van der Waals surface area (Å²) in [4.78, 5) is 27.4. The molecule has 3 rings (SSSR count). The Labute approximate surface area is 170 Å². The van der Waals surface area contributed by atoms with E-state index in [0.29, 0.717) is 17.7 Å². The van der Waals surface area contributed by atoms with Crippen LogP contribution in [-0.2, 0) is 6.54 Å². The summed E-state index contributed by atoms with van der Waals surface area (Å²) in [6.07, 6.45) is 0. The zero-order valence-corrected chi connectivity index (χ0v) is 16.4. The van der Waals surface area contributed by atoms with Gasteiger partial charge in [-0.3, -0.25) is 9.59 Å². The normalized spacial score (nSPS) is 10.6. The van der Waals surface area contributed by atoms with Gasteiger partial charge in [-0.05, 0) is 49.7 Å². The molecule has 3 aromatic carbocycles. The van der Waals surface area contributed by atoms with Crippen LogP contribution < -0.4 is 5.32 Å². The smallest absolute Gasteiger partial charge is 0.255 e. The van der Waals surface area contributed by atoms with Crippen LogP contribution in [0.2, 0.25) is 0 Å². The predicted octanol–water partition coefficient (Wildman–Crippen LogP) is 5.13. The molecule has 0 saturated heterocycles. The second kappa shape index (κ2) is 9.15. The number of para-hydroxylation sites is 1. The third-order valence-electron chi connectivity index (χ3n) is 4.57. The van der Waals surface area contributed by atoms with Gasteiger partial charge in [-0.1, -0.05) is 48.5 Å². The number of rotatable bonds is 6. The minimum absolute atomic E-state index is 0.0152. The second-order valence-electron chi connectivity index (χ2n) is 7.03. The Kier molecular flexibility index (Phi) is 6.39. The van der Waals surface area contributed by atoms with Gasteiger partial charge >= 0.3 is 0 Å². The van der Waals surface area contributed by atoms with Crippen molar-refractivity contribution in [3.05, 3.63) is 101 Å². The van der Waals surface area contributed by atoms with E-state index in [1.54, 1.807) is 41.3 Å². The van der Waals surface area contributed by atoms with E-state index in [1.165, 1.54) is 12.1 Å². The molecule has 0 aliphatic heterocycles. The molecule has 0 aromatic heterocycles. The van der Waals surface area contributed by atoms with Crippen molar-refractivity contribution in [2.24, 2.45) is 0 Å². The molecular weight excluding hydrogens is 367 g/mol. The molecule has 29 heavy (non-hydrogen) atoms. The zero-order chi connectivity index (χ0) is 20.8. The van der Waals surface area contributed by atoms with Crippen molar-refractivity contribution in [2.45, 2.75) is 26.4 Å². The fourth-order valence-electron chi connectivity index (χ4n) is 2.99. The largest absolute Gasteiger partial charge is 0.332 e. The lowest BCUT2D eigenvalue weighted by atomic mass is 10.1. The highest BCUT2D eigenvalue weighted by Gasteiger charge is 2.20. The Morgan fingerprint density at radius 1 is 0.897 bits per heavy atom. The SMILES string of the molecule is CC(C)N(Cc1ccccc1)C(=O)c1cccc(C(=O)Nc2ccccc2F)c1. The van der Waals surface area contributed by atoms with Gasteiger partial charge in [-0.2, -0.15) is 0 Å². The topological polar surface area (TPSA) is 49.4 Å². The van der Waals surface area contributed by atoms with Crippen LogP contribution in [0, 0.1) is 5.82 Å². The van der Waals surface area contributed by atoms with E-state index >= 15 is 0 Å². The third-order valence-corrected chi connectivity index (χ3v) is 4.57. The fourth-order valence-corrected chi connectivity index (χ4v) is 2.99. The van der Waals surface area contributed by atoms with Gasteiger partial charge in [0.1, 0.15) is 5.82 Å². The number of hydrogen-bond donors (Lipinski definition) is 1. The van der Waals surface area contributed by atoms with Gasteiger partial charge in [0.15, 0.2) is 0 Å². The lowest BCUT2D eigenvalue weighted by Crippen LogP contribution is -2.36. The molecule has 4 nitrogen and oxygen atoms in total. The molecule has 1 N–H and O–H groups in total. The summed E-state index contributed by atoms with van der Waals surface area (Å²) in [5.41, 5.74) is 1.84. The molecule has 148 valence electrons. The highest BCUT2D eigenvalue weighted by atomic mass is 19.1. The molecule has 0 radical (unpaired) electrons. The number of anilines is 1. The van der Waals surface area contributed by atoms with Gasteiger partial charge in [0.25, 0.3) is 11.8 Å². The minimum Gasteiger partial charge on any atom is -0.332 e. The Bertz CT molecular complexity index is 1000. The highest BCUT2D eigenvalue weighted by Crippen LogP contribution is 2.17. The number of halogens is 1. The molecule has 0 atom stereocenters. The van der Waals surface area contributed by atoms with Gasteiger partial charge in [0.2, 0.25) is 0 Å². The van der Waals surface area contributed by atoms with E-state index in [2.05, 4.69) is 5.32 Å². The molecule has 5 heteroatoms. The standard InChI is InChI=1S/C24H23FN2O2/c1-17(2)27(16-18-9-4-3-5-10-18)24(29)20-12-8-11-19(15-20)23(28)26-22-14-7-6-13-21(22)25/h3-15,17H,16H2,1-2H3,(H,26,28). The average molecular weight is 390 g/mol. The number of hydrogen-bond acceptors (Lipinski definition) is 2. The van der Waals surface area contributed by atoms with Crippen molar-refractivity contribution in [1.29, 1.82) is 0 Å². The fraction of sp³-hybridized carbons (Fsp3) is 0.167. The maximum atomic E-state index is 13.8. The molecule has 0 aliphatic rings. The molecule has 3 aromatic rings. The summed E-state index contributed by atoms with van der Waals surface area (Å²) < 4.78 is 13.8. The van der Waals surface area contributed by atoms with E-state index in [4.69, 9.17) is 0 Å². The van der Waals surface area contributed by atoms with Gasteiger partial charge < -0.3 is 10.2 Å². The molecule has 0 heterocycles. The predicted molar refractivity (Wildman–Crippen MR) is 112 cm³/mol. The summed E-state index contributed by atoms with van der Waals surface area (Å²) in [6.45, 7) is 4.38. The van der Waals surface area contributed by atoms with E-state index in [9.17, 15) is 14.0 Å². The number of benzene rings is 3. The zero-order valence-electron chi connectivity index (χ0n) is 16.4. The lowest BCUT2D eigenvalue weighted by Gasteiger charge is -2.27.